The minimum atomic E-state index is 0.551. The van der Waals surface area contributed by atoms with Gasteiger partial charge >= 0.3 is 0 Å². The largest absolute Gasteiger partial charge is 0.358 e. The van der Waals surface area contributed by atoms with E-state index < -0.39 is 0 Å². The van der Waals surface area contributed by atoms with Crippen LogP contribution in [0.5, 0.6) is 0 Å². The van der Waals surface area contributed by atoms with E-state index in [1.165, 1.54) is 41.9 Å². The van der Waals surface area contributed by atoms with E-state index in [-0.39, 0.29) is 0 Å². The van der Waals surface area contributed by atoms with Crippen molar-refractivity contribution in [2.24, 2.45) is 5.41 Å². The summed E-state index contributed by atoms with van der Waals surface area (Å²) in [6, 6.07) is 8.49. The third-order valence-corrected chi connectivity index (χ3v) is 5.49. The first kappa shape index (κ1) is 19.3. The lowest BCUT2D eigenvalue weighted by Gasteiger charge is -2.25. The number of likely N-dealkylation sites (N-methyl/N-ethyl adjacent to an activating group) is 1. The zero-order valence-electron chi connectivity index (χ0n) is 15.7. The molecule has 1 fully saturated rings. The van der Waals surface area contributed by atoms with Crippen molar-refractivity contribution in [2.45, 2.75) is 47.0 Å². The molecule has 1 aliphatic rings. The molecule has 1 aliphatic carbocycles. The lowest BCUT2D eigenvalue weighted by molar-refractivity contribution is 0.290. The van der Waals surface area contributed by atoms with Crippen LogP contribution in [0.1, 0.15) is 52.5 Å². The number of halogens is 1. The second kappa shape index (κ2) is 8.35. The van der Waals surface area contributed by atoms with Gasteiger partial charge in [0.05, 0.1) is 0 Å². The highest BCUT2D eigenvalue weighted by molar-refractivity contribution is 9.10. The third kappa shape index (κ3) is 5.49. The Labute approximate surface area is 156 Å². The molecule has 1 saturated carbocycles. The van der Waals surface area contributed by atoms with Crippen LogP contribution in [0.2, 0.25) is 0 Å². The summed E-state index contributed by atoms with van der Waals surface area (Å²) in [5, 5.41) is 3.71. The monoisotopic (exact) mass is 390 g/mol. The van der Waals surface area contributed by atoms with Crippen molar-refractivity contribution in [3.63, 3.8) is 0 Å². The minimum absolute atomic E-state index is 0.551. The summed E-state index contributed by atoms with van der Waals surface area (Å²) in [7, 11) is 2.24. The summed E-state index contributed by atoms with van der Waals surface area (Å²) < 4.78 is 1.11. The molecule has 0 radical (unpaired) electrons. The fourth-order valence-corrected chi connectivity index (χ4v) is 3.21. The molecule has 0 heterocycles. The van der Waals surface area contributed by atoms with Crippen LogP contribution in [0.3, 0.4) is 0 Å². The lowest BCUT2D eigenvalue weighted by atomic mass is 10.1. The smallest absolute Gasteiger partial charge is 0.0412 e. The number of allylic oxidation sites excluding steroid dienone is 2. The molecule has 0 aliphatic heterocycles. The van der Waals surface area contributed by atoms with E-state index in [4.69, 9.17) is 0 Å². The van der Waals surface area contributed by atoms with Gasteiger partial charge in [-0.2, -0.15) is 0 Å². The number of nitrogens with one attached hydrogen (secondary N) is 1. The van der Waals surface area contributed by atoms with Crippen LogP contribution in [0.25, 0.3) is 5.70 Å². The van der Waals surface area contributed by atoms with Crippen LogP contribution >= 0.6 is 15.9 Å². The molecule has 1 aromatic carbocycles. The van der Waals surface area contributed by atoms with E-state index >= 15 is 0 Å². The molecule has 0 amide bonds. The summed E-state index contributed by atoms with van der Waals surface area (Å²) in [6.07, 6.45) is 5.98. The molecule has 2 nitrogen and oxygen atoms in total. The molecule has 0 unspecified atom stereocenters. The zero-order chi connectivity index (χ0) is 17.7. The number of benzene rings is 1. The Bertz CT molecular complexity index is 609. The first-order chi connectivity index (χ1) is 11.4. The Balaban J connectivity index is 2.11. The molecule has 0 spiro atoms. The second-order valence-corrected chi connectivity index (χ2v) is 8.35. The summed E-state index contributed by atoms with van der Waals surface area (Å²) in [6.45, 7) is 11.1. The van der Waals surface area contributed by atoms with Crippen molar-refractivity contribution in [3.05, 3.63) is 51.6 Å². The van der Waals surface area contributed by atoms with E-state index in [0.717, 1.165) is 17.4 Å². The summed E-state index contributed by atoms with van der Waals surface area (Å²) in [5.74, 6) is 0. The SMILES string of the molecule is C/C=C(\NC(CN(C)CC1(C)CC1)=C(C)CC)c1ccc(Br)cc1. The Morgan fingerprint density at radius 2 is 1.92 bits per heavy atom. The second-order valence-electron chi connectivity index (χ2n) is 7.43. The number of hydrogen-bond acceptors (Lipinski definition) is 2. The van der Waals surface area contributed by atoms with Crippen LogP contribution in [-0.2, 0) is 0 Å². The summed E-state index contributed by atoms with van der Waals surface area (Å²) >= 11 is 3.51. The van der Waals surface area contributed by atoms with Crippen LogP contribution < -0.4 is 5.32 Å². The van der Waals surface area contributed by atoms with Gasteiger partial charge in [-0.25, -0.2) is 0 Å². The fraction of sp³-hybridized carbons (Fsp3) is 0.524. The van der Waals surface area contributed by atoms with E-state index in [1.807, 2.05) is 0 Å². The maximum atomic E-state index is 3.71. The van der Waals surface area contributed by atoms with Crippen LogP contribution in [0, 0.1) is 5.41 Å². The Morgan fingerprint density at radius 1 is 1.29 bits per heavy atom. The van der Waals surface area contributed by atoms with Crippen molar-refractivity contribution >= 4 is 21.6 Å². The number of nitrogens with zero attached hydrogens (tertiary/aromatic N) is 1. The molecular formula is C21H31BrN2. The highest BCUT2D eigenvalue weighted by atomic mass is 79.9. The molecule has 0 aromatic heterocycles. The molecule has 1 N–H and O–H groups in total. The lowest BCUT2D eigenvalue weighted by Crippen LogP contribution is -2.31. The molecular weight excluding hydrogens is 360 g/mol. The Hall–Kier alpha value is -1.06. The van der Waals surface area contributed by atoms with E-state index in [1.54, 1.807) is 0 Å². The van der Waals surface area contributed by atoms with Crippen LogP contribution in [-0.4, -0.2) is 25.0 Å². The first-order valence-corrected chi connectivity index (χ1v) is 9.72. The van der Waals surface area contributed by atoms with Gasteiger partial charge in [0.1, 0.15) is 0 Å². The molecule has 0 atom stereocenters. The van der Waals surface area contributed by atoms with Crippen molar-refractivity contribution in [2.75, 3.05) is 20.1 Å². The molecule has 2 rings (SSSR count). The predicted octanol–water partition coefficient (Wildman–Crippen LogP) is 5.82. The molecule has 0 saturated heterocycles. The Morgan fingerprint density at radius 3 is 2.42 bits per heavy atom. The fourth-order valence-electron chi connectivity index (χ4n) is 2.95. The molecule has 24 heavy (non-hydrogen) atoms. The van der Waals surface area contributed by atoms with Crippen molar-refractivity contribution < 1.29 is 0 Å². The summed E-state index contributed by atoms with van der Waals surface area (Å²) in [4.78, 5) is 2.46. The van der Waals surface area contributed by atoms with E-state index in [2.05, 4.69) is 91.2 Å². The minimum Gasteiger partial charge on any atom is -0.358 e. The van der Waals surface area contributed by atoms with E-state index in [9.17, 15) is 0 Å². The van der Waals surface area contributed by atoms with Gasteiger partial charge in [-0.15, -0.1) is 0 Å². The highest BCUT2D eigenvalue weighted by Crippen LogP contribution is 2.45. The highest BCUT2D eigenvalue weighted by Gasteiger charge is 2.38. The predicted molar refractivity (Wildman–Crippen MR) is 109 cm³/mol. The van der Waals surface area contributed by atoms with Gasteiger partial charge in [0.2, 0.25) is 0 Å². The number of rotatable bonds is 8. The van der Waals surface area contributed by atoms with Crippen molar-refractivity contribution in [1.29, 1.82) is 0 Å². The van der Waals surface area contributed by atoms with Crippen molar-refractivity contribution in [1.82, 2.24) is 10.2 Å². The van der Waals surface area contributed by atoms with E-state index in [0.29, 0.717) is 5.41 Å². The zero-order valence-corrected chi connectivity index (χ0v) is 17.3. The van der Waals surface area contributed by atoms with Gasteiger partial charge in [-0.3, -0.25) is 0 Å². The van der Waals surface area contributed by atoms with Gasteiger partial charge < -0.3 is 10.2 Å². The third-order valence-electron chi connectivity index (χ3n) is 4.96. The topological polar surface area (TPSA) is 15.3 Å². The van der Waals surface area contributed by atoms with Gasteiger partial charge in [0, 0.05) is 29.0 Å². The van der Waals surface area contributed by atoms with Gasteiger partial charge in [-0.05, 0) is 63.3 Å². The quantitative estimate of drug-likeness (QED) is 0.601. The van der Waals surface area contributed by atoms with Gasteiger partial charge in [0.25, 0.3) is 0 Å². The first-order valence-electron chi connectivity index (χ1n) is 8.93. The average molecular weight is 391 g/mol. The summed E-state index contributed by atoms with van der Waals surface area (Å²) in [5.41, 5.74) is 5.71. The standard InChI is InChI=1S/C21H31BrN2/c1-6-16(3)20(14-24(5)15-21(4)12-13-21)23-19(7-2)17-8-10-18(22)11-9-17/h7-11,23H,6,12-15H2,1-5H3/b19-7-,20-16?. The van der Waals surface area contributed by atoms with Crippen molar-refractivity contribution in [3.8, 4) is 0 Å². The average Bonchev–Trinajstić information content (AvgIpc) is 3.28. The molecule has 3 heteroatoms. The maximum Gasteiger partial charge on any atom is 0.0412 e. The van der Waals surface area contributed by atoms with Gasteiger partial charge in [0.15, 0.2) is 0 Å². The van der Waals surface area contributed by atoms with Gasteiger partial charge in [-0.1, -0.05) is 53.6 Å². The molecule has 1 aromatic rings. The normalized spacial score (nSPS) is 17.7. The van der Waals surface area contributed by atoms with Crippen LogP contribution in [0.4, 0.5) is 0 Å². The number of hydrogen-bond donors (Lipinski definition) is 1. The molecule has 0 bridgehead atoms. The van der Waals surface area contributed by atoms with Crippen LogP contribution in [0.15, 0.2) is 46.1 Å². The maximum absolute atomic E-state index is 3.71. The Kier molecular flexibility index (Phi) is 6.70. The molecule has 132 valence electrons.